The molecule has 1 atom stereocenters. The van der Waals surface area contributed by atoms with Crippen LogP contribution in [0, 0.1) is 18.7 Å². The number of ether oxygens (including phenoxy) is 1. The Hall–Kier alpha value is -6.02. The summed E-state index contributed by atoms with van der Waals surface area (Å²) < 4.78 is 123. The van der Waals surface area contributed by atoms with Gasteiger partial charge in [0.05, 0.1) is 27.2 Å². The molecular formula is C46H55FN10O7S. The molecule has 5 heterocycles. The van der Waals surface area contributed by atoms with E-state index in [0.29, 0.717) is 77.8 Å². The molecule has 4 aromatic rings. The molecule has 0 radical (unpaired) electrons. The van der Waals surface area contributed by atoms with Crippen LogP contribution in [0.2, 0.25) is 0 Å². The second-order valence-corrected chi connectivity index (χ2v) is 18.9. The van der Waals surface area contributed by atoms with Crippen LogP contribution in [0.15, 0.2) is 71.8 Å². The van der Waals surface area contributed by atoms with E-state index in [-0.39, 0.29) is 29.2 Å². The normalized spacial score (nSPS) is 24.0. The molecule has 0 saturated carbocycles. The molecule has 4 N–H and O–H groups in total. The Labute approximate surface area is 389 Å². The zero-order valence-electron chi connectivity index (χ0n) is 44.2. The van der Waals surface area contributed by atoms with E-state index < -0.39 is 99.8 Å². The van der Waals surface area contributed by atoms with Crippen LogP contribution in [0.4, 0.5) is 33.2 Å². The number of imide groups is 2. The van der Waals surface area contributed by atoms with Crippen LogP contribution in [0.5, 0.6) is 5.75 Å². The molecule has 0 spiro atoms. The highest BCUT2D eigenvalue weighted by Crippen LogP contribution is 2.35. The van der Waals surface area contributed by atoms with Gasteiger partial charge in [0, 0.05) is 79.7 Å². The van der Waals surface area contributed by atoms with Crippen molar-refractivity contribution in [2.24, 2.45) is 5.92 Å². The maximum atomic E-state index is 16.6. The van der Waals surface area contributed by atoms with Gasteiger partial charge in [0.25, 0.3) is 11.8 Å². The molecule has 0 bridgehead atoms. The number of rotatable bonds is 14. The van der Waals surface area contributed by atoms with Crippen molar-refractivity contribution in [3.8, 4) is 5.75 Å². The van der Waals surface area contributed by atoms with Gasteiger partial charge in [0.15, 0.2) is 5.82 Å². The molecule has 4 aliphatic rings. The number of piperidine rings is 2. The molecule has 65 heavy (non-hydrogen) atoms. The molecular weight excluding hydrogens is 856 g/mol. The minimum atomic E-state index is -3.76. The van der Waals surface area contributed by atoms with Gasteiger partial charge in [-0.2, -0.15) is 4.98 Å². The van der Waals surface area contributed by atoms with E-state index in [1.54, 1.807) is 63.4 Å². The quantitative estimate of drug-likeness (QED) is 0.126. The van der Waals surface area contributed by atoms with Crippen molar-refractivity contribution in [3.63, 3.8) is 0 Å². The topological polar surface area (TPSA) is 199 Å². The predicted octanol–water partition coefficient (Wildman–Crippen LogP) is 4.80. The second-order valence-electron chi connectivity index (χ2n) is 17.2. The molecule has 1 aromatic heterocycles. The SMILES string of the molecule is [2H]C1([2H])N(CC2CCN(CCOc3ccc(Nc4ncc(C)c(Nc5cccc(S(=O)(=O)NC(C)(C)C)c5)n4)cc3)CC2)C([2H])([2H])C([2H])([2H])N(c2ccc3c(c2F)C(=O)N(C2CCC(=O)NC2=O)C3=O)C1([2H])[2H]. The van der Waals surface area contributed by atoms with E-state index in [2.05, 4.69) is 30.2 Å². The number of anilines is 5. The van der Waals surface area contributed by atoms with Crippen LogP contribution >= 0.6 is 0 Å². The number of carbonyl (C=O) groups is 4. The van der Waals surface area contributed by atoms with E-state index in [1.807, 2.05) is 12.2 Å². The molecule has 4 amide bonds. The largest absolute Gasteiger partial charge is 0.492 e. The highest BCUT2D eigenvalue weighted by atomic mass is 32.2. The summed E-state index contributed by atoms with van der Waals surface area (Å²) in [5.41, 5.74) is -1.19. The molecule has 3 aromatic carbocycles. The first kappa shape index (κ1) is 36.2. The van der Waals surface area contributed by atoms with Crippen LogP contribution in [0.3, 0.4) is 0 Å². The second kappa shape index (κ2) is 18.8. The van der Waals surface area contributed by atoms with Gasteiger partial charge in [-0.25, -0.2) is 22.5 Å². The molecule has 17 nitrogen and oxygen atoms in total. The number of hydrogen-bond acceptors (Lipinski definition) is 14. The van der Waals surface area contributed by atoms with Gasteiger partial charge < -0.3 is 20.3 Å². The van der Waals surface area contributed by atoms with Crippen LogP contribution in [-0.4, -0.2) is 127 Å². The third-order valence-electron chi connectivity index (χ3n) is 11.1. The minimum Gasteiger partial charge on any atom is -0.492 e. The fourth-order valence-electron chi connectivity index (χ4n) is 7.84. The van der Waals surface area contributed by atoms with Gasteiger partial charge in [-0.05, 0) is 121 Å². The van der Waals surface area contributed by atoms with Crippen molar-refractivity contribution in [1.29, 1.82) is 0 Å². The summed E-state index contributed by atoms with van der Waals surface area (Å²) in [5, 5.41) is 8.37. The molecule has 0 aliphatic carbocycles. The molecule has 3 fully saturated rings. The first-order valence-corrected chi connectivity index (χ1v) is 22.6. The summed E-state index contributed by atoms with van der Waals surface area (Å²) in [6, 6.07) is 13.8. The lowest BCUT2D eigenvalue weighted by atomic mass is 9.96. The number of hydrogen-bond donors (Lipinski definition) is 4. The number of aryl methyl sites for hydroxylation is 1. The highest BCUT2D eigenvalue weighted by Gasteiger charge is 2.46. The summed E-state index contributed by atoms with van der Waals surface area (Å²) in [5.74, 6) is -4.60. The highest BCUT2D eigenvalue weighted by molar-refractivity contribution is 7.89. The lowest BCUT2D eigenvalue weighted by molar-refractivity contribution is -0.136. The molecule has 1 unspecified atom stereocenters. The van der Waals surface area contributed by atoms with Gasteiger partial charge in [-0.1, -0.05) is 6.07 Å². The zero-order valence-corrected chi connectivity index (χ0v) is 37.0. The maximum Gasteiger partial charge on any atom is 0.265 e. The van der Waals surface area contributed by atoms with Crippen LogP contribution < -0.4 is 30.3 Å². The number of amides is 4. The third-order valence-corrected chi connectivity index (χ3v) is 12.9. The Morgan fingerprint density at radius 2 is 1.65 bits per heavy atom. The van der Waals surface area contributed by atoms with Crippen LogP contribution in [0.25, 0.3) is 0 Å². The molecule has 344 valence electrons. The van der Waals surface area contributed by atoms with E-state index in [0.717, 1.165) is 17.7 Å². The molecule has 19 heteroatoms. The van der Waals surface area contributed by atoms with Crippen molar-refractivity contribution in [2.45, 2.75) is 69.9 Å². The maximum absolute atomic E-state index is 16.6. The van der Waals surface area contributed by atoms with E-state index in [4.69, 9.17) is 15.7 Å². The Morgan fingerprint density at radius 3 is 2.35 bits per heavy atom. The van der Waals surface area contributed by atoms with Crippen LogP contribution in [0.1, 0.15) is 83.7 Å². The Morgan fingerprint density at radius 1 is 0.908 bits per heavy atom. The third kappa shape index (κ3) is 10.6. The van der Waals surface area contributed by atoms with Gasteiger partial charge in [-0.15, -0.1) is 0 Å². The van der Waals surface area contributed by atoms with Gasteiger partial charge in [0.2, 0.25) is 27.8 Å². The fourth-order valence-corrected chi connectivity index (χ4v) is 9.31. The Bertz CT molecular complexity index is 2930. The number of nitrogens with zero attached hydrogens (tertiary/aromatic N) is 6. The number of likely N-dealkylation sites (tertiary alicyclic amines) is 1. The summed E-state index contributed by atoms with van der Waals surface area (Å²) in [7, 11) is -3.76. The van der Waals surface area contributed by atoms with Crippen molar-refractivity contribution in [2.75, 3.05) is 74.3 Å². The van der Waals surface area contributed by atoms with E-state index in [1.165, 1.54) is 12.1 Å². The number of fused-ring (bicyclic) bond motifs is 1. The lowest BCUT2D eigenvalue weighted by Gasteiger charge is -2.39. The van der Waals surface area contributed by atoms with Crippen molar-refractivity contribution >= 4 is 62.5 Å². The fraction of sp³-hybridized carbons (Fsp3) is 0.435. The predicted molar refractivity (Wildman–Crippen MR) is 243 cm³/mol. The summed E-state index contributed by atoms with van der Waals surface area (Å²) in [6.07, 6.45) is 2.06. The van der Waals surface area contributed by atoms with Gasteiger partial charge in [0.1, 0.15) is 24.2 Å². The average molecular weight is 919 g/mol. The average Bonchev–Trinajstić information content (AvgIpc) is 3.55. The number of benzene rings is 3. The first-order valence-electron chi connectivity index (χ1n) is 25.1. The number of piperazine rings is 1. The van der Waals surface area contributed by atoms with E-state index in [9.17, 15) is 27.6 Å². The number of halogens is 1. The van der Waals surface area contributed by atoms with Gasteiger partial charge >= 0.3 is 0 Å². The standard InChI is InChI=1S/C46H55FN10O7S/c1-29-27-48-45(52-41(29)49-32-6-5-7-34(26-32)65(62,63)53-46(2,3)4)50-31-8-10-33(11-9-31)64-25-24-54-18-16-30(17-19-54)28-55-20-22-56(23-21-55)36-13-12-35-39(40(36)47)44(61)57(43(35)60)37-14-15-38(58)51-42(37)59/h5-13,26-27,30,37,53H,14-25,28H2,1-4H3,(H,51,58,59)(H2,48,49,50,52)/i20D2,21D2,22D2,23D2. The summed E-state index contributed by atoms with van der Waals surface area (Å²) in [6.45, 7) is -4.98. The van der Waals surface area contributed by atoms with Crippen molar-refractivity contribution in [1.82, 2.24) is 34.7 Å². The lowest BCUT2D eigenvalue weighted by Crippen LogP contribution is -2.54. The number of carbonyl (C=O) groups excluding carboxylic acids is 4. The first-order chi connectivity index (χ1) is 34.0. The van der Waals surface area contributed by atoms with Gasteiger partial charge in [-0.3, -0.25) is 39.2 Å². The minimum absolute atomic E-state index is 0.00569. The molecule has 8 rings (SSSR count). The Kier molecular flexibility index (Phi) is 10.5. The van der Waals surface area contributed by atoms with Crippen LogP contribution in [-0.2, 0) is 19.6 Å². The summed E-state index contributed by atoms with van der Waals surface area (Å²) >= 11 is 0. The van der Waals surface area contributed by atoms with Crippen molar-refractivity contribution in [3.05, 3.63) is 89.4 Å². The summed E-state index contributed by atoms with van der Waals surface area (Å²) in [4.78, 5) is 63.3. The van der Waals surface area contributed by atoms with Crippen molar-refractivity contribution < 1.29 is 47.7 Å². The molecule has 4 aliphatic heterocycles. The number of sulfonamides is 1. The number of aromatic nitrogens is 2. The monoisotopic (exact) mass is 918 g/mol. The number of nitrogens with one attached hydrogen (secondary N) is 4. The smallest absolute Gasteiger partial charge is 0.265 e. The van der Waals surface area contributed by atoms with E-state index >= 15 is 4.39 Å². The molecule has 3 saturated heterocycles. The Balaban J connectivity index is 0.850. The zero-order chi connectivity index (χ0) is 53.2.